The Morgan fingerprint density at radius 3 is 2.82 bits per heavy atom. The van der Waals surface area contributed by atoms with Gasteiger partial charge in [0, 0.05) is 23.1 Å². The second-order valence-corrected chi connectivity index (χ2v) is 6.80. The third-order valence-corrected chi connectivity index (χ3v) is 4.84. The Kier molecular flexibility index (Phi) is 4.54. The summed E-state index contributed by atoms with van der Waals surface area (Å²) in [7, 11) is 0. The molecule has 3 nitrogen and oxygen atoms in total. The van der Waals surface area contributed by atoms with Gasteiger partial charge in [-0.2, -0.15) is 0 Å². The molecule has 2 saturated heterocycles. The lowest BCUT2D eigenvalue weighted by molar-refractivity contribution is -0.274. The fraction of sp³-hybridized carbons (Fsp3) is 0.600. The van der Waals surface area contributed by atoms with E-state index in [0.717, 1.165) is 25.9 Å². The molecule has 0 aromatic heterocycles. The van der Waals surface area contributed by atoms with Gasteiger partial charge in [-0.15, -0.1) is 13.2 Å². The molecule has 0 bridgehead atoms. The number of nitrogens with zero attached hydrogens (tertiary/aromatic N) is 1. The van der Waals surface area contributed by atoms with Gasteiger partial charge in [0.1, 0.15) is 0 Å². The van der Waals surface area contributed by atoms with Crippen LogP contribution in [0.4, 0.5) is 18.9 Å². The smallest absolute Gasteiger partial charge is 0.404 e. The molecule has 2 fully saturated rings. The van der Waals surface area contributed by atoms with Gasteiger partial charge < -0.3 is 15.0 Å². The van der Waals surface area contributed by atoms with E-state index in [2.05, 4.69) is 30.9 Å². The molecule has 3 rings (SSSR count). The van der Waals surface area contributed by atoms with Gasteiger partial charge in [-0.05, 0) is 50.4 Å². The van der Waals surface area contributed by atoms with Crippen LogP contribution in [0.1, 0.15) is 25.7 Å². The van der Waals surface area contributed by atoms with Gasteiger partial charge in [-0.25, -0.2) is 0 Å². The van der Waals surface area contributed by atoms with E-state index in [0.29, 0.717) is 16.2 Å². The lowest BCUT2D eigenvalue weighted by Crippen LogP contribution is -2.42. The molecule has 1 aromatic carbocycles. The maximum atomic E-state index is 12.5. The maximum Gasteiger partial charge on any atom is 0.573 e. The van der Waals surface area contributed by atoms with Crippen LogP contribution in [0.2, 0.25) is 0 Å². The molecule has 2 aliphatic rings. The van der Waals surface area contributed by atoms with Crippen molar-refractivity contribution >= 4 is 21.6 Å². The monoisotopic (exact) mass is 378 g/mol. The highest BCUT2D eigenvalue weighted by Gasteiger charge is 2.34. The highest BCUT2D eigenvalue weighted by molar-refractivity contribution is 9.10. The Labute approximate surface area is 135 Å². The molecule has 0 radical (unpaired) electrons. The van der Waals surface area contributed by atoms with E-state index in [-0.39, 0.29) is 11.8 Å². The fourth-order valence-corrected chi connectivity index (χ4v) is 3.74. The summed E-state index contributed by atoms with van der Waals surface area (Å²) in [5.74, 6) is -0.185. The molecule has 2 heterocycles. The molecular formula is C15H18BrF3N2O. The van der Waals surface area contributed by atoms with Gasteiger partial charge in [0.25, 0.3) is 0 Å². The van der Waals surface area contributed by atoms with Crippen LogP contribution in [-0.4, -0.2) is 36.4 Å². The summed E-state index contributed by atoms with van der Waals surface area (Å²) in [5, 5.41) is 3.24. The van der Waals surface area contributed by atoms with Crippen LogP contribution in [0.25, 0.3) is 0 Å². The molecule has 7 heteroatoms. The molecule has 1 aromatic rings. The number of nitrogens with one attached hydrogen (secondary N) is 1. The molecule has 1 N–H and O–H groups in total. The van der Waals surface area contributed by atoms with Crippen LogP contribution >= 0.6 is 15.9 Å². The Morgan fingerprint density at radius 2 is 2.05 bits per heavy atom. The first-order valence-electron chi connectivity index (χ1n) is 7.46. The van der Waals surface area contributed by atoms with Crippen LogP contribution in [0.3, 0.4) is 0 Å². The lowest BCUT2D eigenvalue weighted by Gasteiger charge is -2.35. The summed E-state index contributed by atoms with van der Waals surface area (Å²) in [6.07, 6.45) is -0.367. The summed E-state index contributed by atoms with van der Waals surface area (Å²) < 4.78 is 42.3. The molecule has 0 amide bonds. The van der Waals surface area contributed by atoms with Crippen molar-refractivity contribution in [3.05, 3.63) is 22.7 Å². The van der Waals surface area contributed by atoms with E-state index in [1.54, 1.807) is 12.1 Å². The number of ether oxygens (including phenoxy) is 1. The number of benzene rings is 1. The molecule has 22 heavy (non-hydrogen) atoms. The minimum atomic E-state index is -4.69. The minimum Gasteiger partial charge on any atom is -0.404 e. The zero-order valence-electron chi connectivity index (χ0n) is 12.0. The summed E-state index contributed by atoms with van der Waals surface area (Å²) in [5.41, 5.74) is 0.400. The van der Waals surface area contributed by atoms with Crippen molar-refractivity contribution in [1.29, 1.82) is 0 Å². The first-order valence-corrected chi connectivity index (χ1v) is 8.26. The van der Waals surface area contributed by atoms with Crippen molar-refractivity contribution < 1.29 is 17.9 Å². The number of alkyl halides is 3. The zero-order valence-corrected chi connectivity index (χ0v) is 13.6. The van der Waals surface area contributed by atoms with Crippen molar-refractivity contribution in [2.75, 3.05) is 18.4 Å². The van der Waals surface area contributed by atoms with Gasteiger partial charge in [0.2, 0.25) is 0 Å². The van der Waals surface area contributed by atoms with Crippen molar-refractivity contribution in [2.24, 2.45) is 0 Å². The van der Waals surface area contributed by atoms with Crippen LogP contribution in [0.5, 0.6) is 5.75 Å². The highest BCUT2D eigenvalue weighted by Crippen LogP contribution is 2.35. The van der Waals surface area contributed by atoms with E-state index in [4.69, 9.17) is 0 Å². The van der Waals surface area contributed by atoms with Crippen LogP contribution in [0, 0.1) is 0 Å². The largest absolute Gasteiger partial charge is 0.573 e. The number of halogens is 4. The molecule has 0 saturated carbocycles. The molecule has 2 atom stereocenters. The fourth-order valence-electron chi connectivity index (χ4n) is 3.40. The number of hydrogen-bond acceptors (Lipinski definition) is 3. The standard InChI is InChI=1S/C15H18BrF3N2O/c16-10-3-4-13(14(8-10)22-15(17,18)19)20-11-5-7-21-6-1-2-12(21)9-11/h3-4,8,11-12,20H,1-2,5-7,9H2/t11-,12+/m0/s1. The van der Waals surface area contributed by atoms with Crippen LogP contribution < -0.4 is 10.1 Å². The average molecular weight is 379 g/mol. The van der Waals surface area contributed by atoms with E-state index in [1.807, 2.05) is 0 Å². The van der Waals surface area contributed by atoms with E-state index >= 15 is 0 Å². The average Bonchev–Trinajstić information content (AvgIpc) is 2.87. The normalized spacial score (nSPS) is 25.8. The summed E-state index contributed by atoms with van der Waals surface area (Å²) in [6.45, 7) is 2.16. The SMILES string of the molecule is FC(F)(F)Oc1cc(Br)ccc1N[C@H]1CCN2CCC[C@@H]2C1. The van der Waals surface area contributed by atoms with Crippen molar-refractivity contribution in [3.8, 4) is 5.75 Å². The van der Waals surface area contributed by atoms with E-state index in [9.17, 15) is 13.2 Å². The van der Waals surface area contributed by atoms with Crippen molar-refractivity contribution in [3.63, 3.8) is 0 Å². The molecule has 122 valence electrons. The Hall–Kier alpha value is -0.950. The number of hydrogen-bond donors (Lipinski definition) is 1. The minimum absolute atomic E-state index is 0.185. The molecule has 0 aliphatic carbocycles. The topological polar surface area (TPSA) is 24.5 Å². The number of rotatable bonds is 3. The molecule has 2 aliphatic heterocycles. The number of fused-ring (bicyclic) bond motifs is 1. The number of piperidine rings is 1. The Bertz CT molecular complexity index is 538. The van der Waals surface area contributed by atoms with Gasteiger partial charge >= 0.3 is 6.36 Å². The van der Waals surface area contributed by atoms with Gasteiger partial charge in [0.15, 0.2) is 5.75 Å². The van der Waals surface area contributed by atoms with Crippen LogP contribution in [0.15, 0.2) is 22.7 Å². The van der Waals surface area contributed by atoms with Crippen molar-refractivity contribution in [1.82, 2.24) is 4.90 Å². The molecular weight excluding hydrogens is 361 g/mol. The first kappa shape index (κ1) is 15.9. The third kappa shape index (κ3) is 3.87. The van der Waals surface area contributed by atoms with E-state index in [1.165, 1.54) is 18.9 Å². The van der Waals surface area contributed by atoms with Gasteiger partial charge in [0.05, 0.1) is 5.69 Å². The van der Waals surface area contributed by atoms with Crippen LogP contribution in [-0.2, 0) is 0 Å². The predicted molar refractivity (Wildman–Crippen MR) is 82.1 cm³/mol. The maximum absolute atomic E-state index is 12.5. The first-order chi connectivity index (χ1) is 10.4. The Balaban J connectivity index is 1.71. The third-order valence-electron chi connectivity index (χ3n) is 4.35. The van der Waals surface area contributed by atoms with Gasteiger partial charge in [-0.3, -0.25) is 0 Å². The summed E-state index contributed by atoms with van der Waals surface area (Å²) in [6, 6.07) is 5.45. The summed E-state index contributed by atoms with van der Waals surface area (Å²) in [4.78, 5) is 2.48. The van der Waals surface area contributed by atoms with Gasteiger partial charge in [-0.1, -0.05) is 15.9 Å². The van der Waals surface area contributed by atoms with Crippen molar-refractivity contribution in [2.45, 2.75) is 44.1 Å². The second-order valence-electron chi connectivity index (χ2n) is 5.89. The predicted octanol–water partition coefficient (Wildman–Crippen LogP) is 4.39. The highest BCUT2D eigenvalue weighted by atomic mass is 79.9. The van der Waals surface area contributed by atoms with E-state index < -0.39 is 6.36 Å². The molecule has 0 unspecified atom stereocenters. The quantitative estimate of drug-likeness (QED) is 0.844. The zero-order chi connectivity index (χ0) is 15.7. The molecule has 0 spiro atoms. The second kappa shape index (κ2) is 6.28. The Morgan fingerprint density at radius 1 is 1.23 bits per heavy atom. The summed E-state index contributed by atoms with van der Waals surface area (Å²) >= 11 is 3.18. The number of anilines is 1. The lowest BCUT2D eigenvalue weighted by atomic mass is 9.97.